The summed E-state index contributed by atoms with van der Waals surface area (Å²) in [6, 6.07) is 12.2. The van der Waals surface area contributed by atoms with E-state index in [1.165, 1.54) is 11.1 Å². The van der Waals surface area contributed by atoms with Gasteiger partial charge in [-0.25, -0.2) is 4.79 Å². The average Bonchev–Trinajstić information content (AvgIpc) is 3.03. The molecule has 1 unspecified atom stereocenters. The molecule has 3 fully saturated rings. The summed E-state index contributed by atoms with van der Waals surface area (Å²) in [5.74, 6) is 1.17. The minimum absolute atomic E-state index is 0.0174. The Balaban J connectivity index is 1.34. The van der Waals surface area contributed by atoms with Crippen LogP contribution in [0.1, 0.15) is 43.9 Å². The van der Waals surface area contributed by atoms with Gasteiger partial charge in [-0.2, -0.15) is 0 Å². The summed E-state index contributed by atoms with van der Waals surface area (Å²) in [7, 11) is 1.63. The summed E-state index contributed by atoms with van der Waals surface area (Å²) in [6.45, 7) is 7.55. The number of carbonyl (C=O) groups is 1. The van der Waals surface area contributed by atoms with Crippen LogP contribution in [0.5, 0.6) is 5.75 Å². The molecule has 3 aliphatic heterocycles. The van der Waals surface area contributed by atoms with Crippen molar-refractivity contribution in [3.8, 4) is 16.9 Å². The maximum absolute atomic E-state index is 12.9. The number of nitrogens with zero attached hydrogens (tertiary/aromatic N) is 1. The highest BCUT2D eigenvalue weighted by Crippen LogP contribution is 2.46. The molecule has 2 atom stereocenters. The van der Waals surface area contributed by atoms with Gasteiger partial charge in [-0.05, 0) is 78.1 Å². The van der Waals surface area contributed by atoms with Crippen molar-refractivity contribution in [3.05, 3.63) is 52.5 Å². The van der Waals surface area contributed by atoms with Gasteiger partial charge in [-0.15, -0.1) is 0 Å². The third-order valence-electron chi connectivity index (χ3n) is 7.48. The van der Waals surface area contributed by atoms with Crippen LogP contribution in [0.2, 0.25) is 5.02 Å². The van der Waals surface area contributed by atoms with E-state index in [0.717, 1.165) is 50.0 Å². The predicted octanol–water partition coefficient (Wildman–Crippen LogP) is 5.46. The summed E-state index contributed by atoms with van der Waals surface area (Å²) in [4.78, 5) is 15.3. The summed E-state index contributed by atoms with van der Waals surface area (Å²) in [5, 5.41) is 3.80. The molecular weight excluding hydrogens is 424 g/mol. The number of piperidine rings is 3. The molecule has 6 heteroatoms. The molecule has 170 valence electrons. The summed E-state index contributed by atoms with van der Waals surface area (Å²) < 4.78 is 11.3. The zero-order valence-corrected chi connectivity index (χ0v) is 19.7. The van der Waals surface area contributed by atoms with Crippen molar-refractivity contribution in [2.75, 3.05) is 26.7 Å². The molecule has 2 bridgehead atoms. The first-order valence-electron chi connectivity index (χ1n) is 11.5. The van der Waals surface area contributed by atoms with E-state index in [0.29, 0.717) is 16.7 Å². The molecule has 1 aliphatic carbocycles. The van der Waals surface area contributed by atoms with Crippen LogP contribution >= 0.6 is 11.6 Å². The smallest absolute Gasteiger partial charge is 0.407 e. The van der Waals surface area contributed by atoms with Crippen molar-refractivity contribution < 1.29 is 14.3 Å². The SMILES string of the molecule is COc1cc(-c2ccc3c(c2)CC(C)(C)C3NC(=O)O[C@@H]2CN3CCC2CC3)ccc1Cl. The zero-order chi connectivity index (χ0) is 22.5. The fourth-order valence-electron chi connectivity index (χ4n) is 5.68. The predicted molar refractivity (Wildman–Crippen MR) is 126 cm³/mol. The van der Waals surface area contributed by atoms with E-state index in [2.05, 4.69) is 42.3 Å². The third kappa shape index (κ3) is 3.97. The fourth-order valence-corrected chi connectivity index (χ4v) is 5.87. The molecule has 4 aliphatic rings. The van der Waals surface area contributed by atoms with Crippen molar-refractivity contribution in [3.63, 3.8) is 0 Å². The maximum Gasteiger partial charge on any atom is 0.407 e. The first kappa shape index (κ1) is 21.6. The second kappa shape index (κ2) is 8.27. The molecule has 0 spiro atoms. The van der Waals surface area contributed by atoms with Crippen LogP contribution in [-0.2, 0) is 11.2 Å². The van der Waals surface area contributed by atoms with E-state index in [1.54, 1.807) is 7.11 Å². The van der Waals surface area contributed by atoms with Gasteiger partial charge in [0.2, 0.25) is 0 Å². The number of hydrogen-bond acceptors (Lipinski definition) is 4. The highest BCUT2D eigenvalue weighted by atomic mass is 35.5. The third-order valence-corrected chi connectivity index (χ3v) is 7.79. The normalized spacial score (nSPS) is 27.6. The summed E-state index contributed by atoms with van der Waals surface area (Å²) in [6.07, 6.45) is 2.89. The lowest BCUT2D eigenvalue weighted by molar-refractivity contribution is -0.0348. The molecular formula is C26H31ClN2O3. The van der Waals surface area contributed by atoms with E-state index in [4.69, 9.17) is 21.1 Å². The standard InChI is InChI=1S/C26H31ClN2O3/c1-26(2)14-19-12-17(18-5-7-21(27)22(13-18)31-3)4-6-20(19)24(26)28-25(30)32-23-15-29-10-8-16(23)9-11-29/h4-7,12-13,16,23-24H,8-11,14-15H2,1-3H3,(H,28,30)/t23-,24?/m1/s1. The minimum Gasteiger partial charge on any atom is -0.495 e. The molecule has 2 aromatic carbocycles. The number of rotatable bonds is 4. The second-order valence-corrected chi connectivity index (χ2v) is 10.5. The zero-order valence-electron chi connectivity index (χ0n) is 19.0. The first-order valence-corrected chi connectivity index (χ1v) is 11.9. The number of nitrogens with one attached hydrogen (secondary N) is 1. The van der Waals surface area contributed by atoms with Crippen molar-refractivity contribution in [1.82, 2.24) is 10.2 Å². The molecule has 3 saturated heterocycles. The Bertz CT molecular complexity index is 1030. The molecule has 5 nitrogen and oxygen atoms in total. The van der Waals surface area contributed by atoms with Crippen LogP contribution in [0.25, 0.3) is 11.1 Å². The number of alkyl carbamates (subject to hydrolysis) is 1. The quantitative estimate of drug-likeness (QED) is 0.666. The molecule has 0 aromatic heterocycles. The van der Waals surface area contributed by atoms with Gasteiger partial charge in [0.05, 0.1) is 18.2 Å². The summed E-state index contributed by atoms with van der Waals surface area (Å²) in [5.41, 5.74) is 4.52. The molecule has 0 radical (unpaired) electrons. The first-order chi connectivity index (χ1) is 15.3. The Morgan fingerprint density at radius 2 is 1.84 bits per heavy atom. The topological polar surface area (TPSA) is 50.8 Å². The van der Waals surface area contributed by atoms with Gasteiger partial charge in [0.25, 0.3) is 0 Å². The largest absolute Gasteiger partial charge is 0.495 e. The Labute approximate surface area is 195 Å². The lowest BCUT2D eigenvalue weighted by Crippen LogP contribution is -2.53. The molecule has 32 heavy (non-hydrogen) atoms. The number of fused-ring (bicyclic) bond motifs is 4. The van der Waals surface area contributed by atoms with Crippen molar-refractivity contribution >= 4 is 17.7 Å². The van der Waals surface area contributed by atoms with Gasteiger partial charge in [0, 0.05) is 6.54 Å². The number of hydrogen-bond donors (Lipinski definition) is 1. The van der Waals surface area contributed by atoms with Crippen LogP contribution in [0.3, 0.4) is 0 Å². The highest BCUT2D eigenvalue weighted by Gasteiger charge is 2.42. The number of amides is 1. The maximum atomic E-state index is 12.9. The highest BCUT2D eigenvalue weighted by molar-refractivity contribution is 6.32. The van der Waals surface area contributed by atoms with Crippen molar-refractivity contribution in [2.24, 2.45) is 11.3 Å². The van der Waals surface area contributed by atoms with E-state index >= 15 is 0 Å². The van der Waals surface area contributed by atoms with Crippen LogP contribution in [0.15, 0.2) is 36.4 Å². The van der Waals surface area contributed by atoms with Crippen LogP contribution < -0.4 is 10.1 Å². The monoisotopic (exact) mass is 454 g/mol. The number of carbonyl (C=O) groups excluding carboxylic acids is 1. The number of halogens is 1. The Morgan fingerprint density at radius 3 is 2.53 bits per heavy atom. The molecule has 0 saturated carbocycles. The Kier molecular flexibility index (Phi) is 5.58. The fraction of sp³-hybridized carbons (Fsp3) is 0.500. The molecule has 6 rings (SSSR count). The lowest BCUT2D eigenvalue weighted by atomic mass is 9.85. The van der Waals surface area contributed by atoms with Gasteiger partial charge in [0.15, 0.2) is 0 Å². The van der Waals surface area contributed by atoms with E-state index < -0.39 is 0 Å². The Hall–Kier alpha value is -2.24. The number of benzene rings is 2. The van der Waals surface area contributed by atoms with E-state index in [9.17, 15) is 4.79 Å². The van der Waals surface area contributed by atoms with Gasteiger partial charge in [-0.1, -0.05) is 49.7 Å². The van der Waals surface area contributed by atoms with Crippen LogP contribution in [0, 0.1) is 11.3 Å². The Morgan fingerprint density at radius 1 is 1.12 bits per heavy atom. The minimum atomic E-state index is -0.291. The van der Waals surface area contributed by atoms with E-state index in [1.807, 2.05) is 18.2 Å². The molecule has 2 aromatic rings. The van der Waals surface area contributed by atoms with Crippen molar-refractivity contribution in [2.45, 2.75) is 45.3 Å². The second-order valence-electron chi connectivity index (χ2n) is 10.1. The van der Waals surface area contributed by atoms with Crippen LogP contribution in [0.4, 0.5) is 4.79 Å². The van der Waals surface area contributed by atoms with E-state index in [-0.39, 0.29) is 23.7 Å². The lowest BCUT2D eigenvalue weighted by Gasteiger charge is -2.44. The number of methoxy groups -OCH3 is 1. The van der Waals surface area contributed by atoms with Gasteiger partial charge in [-0.3, -0.25) is 4.90 Å². The number of ether oxygens (including phenoxy) is 2. The summed E-state index contributed by atoms with van der Waals surface area (Å²) >= 11 is 6.19. The molecule has 3 heterocycles. The molecule has 1 N–H and O–H groups in total. The van der Waals surface area contributed by atoms with Crippen LogP contribution in [-0.4, -0.2) is 43.8 Å². The van der Waals surface area contributed by atoms with Gasteiger partial charge in [0.1, 0.15) is 11.9 Å². The average molecular weight is 455 g/mol. The van der Waals surface area contributed by atoms with Crippen molar-refractivity contribution in [1.29, 1.82) is 0 Å². The van der Waals surface area contributed by atoms with Gasteiger partial charge >= 0.3 is 6.09 Å². The molecule has 1 amide bonds. The van der Waals surface area contributed by atoms with Gasteiger partial charge < -0.3 is 14.8 Å².